The summed E-state index contributed by atoms with van der Waals surface area (Å²) in [6, 6.07) is 11.5. The Morgan fingerprint density at radius 2 is 1.79 bits per heavy atom. The van der Waals surface area contributed by atoms with Gasteiger partial charge in [0.1, 0.15) is 17.2 Å². The zero-order valence-corrected chi connectivity index (χ0v) is 13.8. The Morgan fingerprint density at radius 3 is 2.54 bits per heavy atom. The number of ether oxygens (including phenoxy) is 2. The van der Waals surface area contributed by atoms with E-state index >= 15 is 0 Å². The summed E-state index contributed by atoms with van der Waals surface area (Å²) >= 11 is 0. The van der Waals surface area contributed by atoms with E-state index in [2.05, 4.69) is 17.5 Å². The zero-order valence-electron chi connectivity index (χ0n) is 13.8. The zero-order chi connectivity index (χ0) is 16.7. The lowest BCUT2D eigenvalue weighted by Crippen LogP contribution is -2.29. The Morgan fingerprint density at radius 1 is 1.04 bits per heavy atom. The van der Waals surface area contributed by atoms with Crippen LogP contribution < -0.4 is 14.8 Å². The van der Waals surface area contributed by atoms with Gasteiger partial charge in [0.2, 0.25) is 0 Å². The maximum absolute atomic E-state index is 10.3. The molecule has 4 nitrogen and oxygen atoms in total. The number of nitrogens with one attached hydrogen (secondary N) is 1. The van der Waals surface area contributed by atoms with Crippen molar-refractivity contribution in [2.45, 2.75) is 18.4 Å². The summed E-state index contributed by atoms with van der Waals surface area (Å²) in [5, 5.41) is 14.0. The number of hydrogen-bond acceptors (Lipinski definition) is 4. The predicted octanol–water partition coefficient (Wildman–Crippen LogP) is 4.24. The summed E-state index contributed by atoms with van der Waals surface area (Å²) < 4.78 is 11.2. The van der Waals surface area contributed by atoms with Crippen LogP contribution in [-0.4, -0.2) is 19.3 Å². The third-order valence-corrected chi connectivity index (χ3v) is 5.15. The van der Waals surface area contributed by atoms with E-state index in [1.807, 2.05) is 30.3 Å². The number of phenols is 1. The number of phenolic OH excluding ortho intramolecular Hbond substituents is 1. The number of hydrogen-bond donors (Lipinski definition) is 2. The molecule has 1 aliphatic carbocycles. The molecule has 2 aromatic carbocycles. The van der Waals surface area contributed by atoms with E-state index in [1.54, 1.807) is 20.3 Å². The largest absolute Gasteiger partial charge is 0.508 e. The number of benzene rings is 2. The second-order valence-corrected chi connectivity index (χ2v) is 6.29. The Balaban J connectivity index is 1.88. The van der Waals surface area contributed by atoms with Crippen molar-refractivity contribution < 1.29 is 14.6 Å². The first-order valence-electron chi connectivity index (χ1n) is 8.20. The molecule has 4 heteroatoms. The fourth-order valence-corrected chi connectivity index (χ4v) is 4.06. The van der Waals surface area contributed by atoms with E-state index in [1.165, 1.54) is 0 Å². The number of rotatable bonds is 3. The van der Waals surface area contributed by atoms with Crippen molar-refractivity contribution in [1.29, 1.82) is 0 Å². The van der Waals surface area contributed by atoms with Gasteiger partial charge >= 0.3 is 0 Å². The minimum atomic E-state index is 0.0275. The number of anilines is 1. The molecule has 2 aromatic rings. The van der Waals surface area contributed by atoms with Gasteiger partial charge in [-0.05, 0) is 30.5 Å². The molecule has 3 unspecified atom stereocenters. The van der Waals surface area contributed by atoms with Crippen molar-refractivity contribution in [3.8, 4) is 17.2 Å². The van der Waals surface area contributed by atoms with E-state index < -0.39 is 0 Å². The molecule has 1 heterocycles. The van der Waals surface area contributed by atoms with Gasteiger partial charge in [0.05, 0.1) is 25.9 Å². The van der Waals surface area contributed by atoms with Crippen LogP contribution in [0.1, 0.15) is 29.5 Å². The van der Waals surface area contributed by atoms with Gasteiger partial charge in [-0.15, -0.1) is 0 Å². The highest BCUT2D eigenvalue weighted by atomic mass is 16.5. The van der Waals surface area contributed by atoms with Gasteiger partial charge in [-0.25, -0.2) is 0 Å². The van der Waals surface area contributed by atoms with Crippen molar-refractivity contribution in [2.75, 3.05) is 19.5 Å². The molecule has 0 fully saturated rings. The molecule has 0 aromatic heterocycles. The molecule has 2 aliphatic rings. The SMILES string of the molecule is COc1ccc(OC)c2c1NC(c1ccccc1O)C1CC=CC21. The molecule has 1 aliphatic heterocycles. The summed E-state index contributed by atoms with van der Waals surface area (Å²) in [5.41, 5.74) is 3.02. The van der Waals surface area contributed by atoms with Crippen LogP contribution in [0.4, 0.5) is 5.69 Å². The van der Waals surface area contributed by atoms with Crippen LogP contribution in [0.2, 0.25) is 0 Å². The smallest absolute Gasteiger partial charge is 0.142 e. The lowest BCUT2D eigenvalue weighted by molar-refractivity contribution is 0.365. The highest BCUT2D eigenvalue weighted by Gasteiger charge is 2.41. The van der Waals surface area contributed by atoms with Gasteiger partial charge in [0.25, 0.3) is 0 Å². The number of aromatic hydroxyl groups is 1. The minimum Gasteiger partial charge on any atom is -0.508 e. The molecular weight excluding hydrogens is 302 g/mol. The van der Waals surface area contributed by atoms with Crippen LogP contribution in [0.15, 0.2) is 48.6 Å². The van der Waals surface area contributed by atoms with E-state index in [0.717, 1.165) is 34.7 Å². The predicted molar refractivity (Wildman–Crippen MR) is 94.0 cm³/mol. The second kappa shape index (κ2) is 5.78. The molecule has 4 rings (SSSR count). The summed E-state index contributed by atoms with van der Waals surface area (Å²) in [6.07, 6.45) is 5.44. The number of para-hydroxylation sites is 1. The second-order valence-electron chi connectivity index (χ2n) is 6.29. The average molecular weight is 323 g/mol. The molecule has 0 saturated heterocycles. The quantitative estimate of drug-likeness (QED) is 0.830. The molecule has 2 N–H and O–H groups in total. The summed E-state index contributed by atoms with van der Waals surface area (Å²) in [5.74, 6) is 2.58. The van der Waals surface area contributed by atoms with E-state index in [-0.39, 0.29) is 12.0 Å². The van der Waals surface area contributed by atoms with Crippen molar-refractivity contribution in [3.05, 3.63) is 59.7 Å². The summed E-state index contributed by atoms with van der Waals surface area (Å²) in [6.45, 7) is 0. The molecule has 0 saturated carbocycles. The van der Waals surface area contributed by atoms with Crippen LogP contribution in [-0.2, 0) is 0 Å². The van der Waals surface area contributed by atoms with Crippen molar-refractivity contribution in [2.24, 2.45) is 5.92 Å². The first-order valence-corrected chi connectivity index (χ1v) is 8.20. The average Bonchev–Trinajstić information content (AvgIpc) is 3.10. The van der Waals surface area contributed by atoms with Crippen LogP contribution in [0.5, 0.6) is 17.2 Å². The van der Waals surface area contributed by atoms with Crippen LogP contribution >= 0.6 is 0 Å². The molecule has 0 radical (unpaired) electrons. The summed E-state index contributed by atoms with van der Waals surface area (Å²) in [7, 11) is 3.38. The van der Waals surface area contributed by atoms with Gasteiger partial charge < -0.3 is 19.9 Å². The van der Waals surface area contributed by atoms with E-state index in [4.69, 9.17) is 9.47 Å². The highest BCUT2D eigenvalue weighted by molar-refractivity contribution is 5.72. The lowest BCUT2D eigenvalue weighted by atomic mass is 9.76. The number of methoxy groups -OCH3 is 2. The van der Waals surface area contributed by atoms with Crippen molar-refractivity contribution in [1.82, 2.24) is 0 Å². The minimum absolute atomic E-state index is 0.0275. The fourth-order valence-electron chi connectivity index (χ4n) is 4.06. The molecular formula is C20H21NO3. The topological polar surface area (TPSA) is 50.7 Å². The highest BCUT2D eigenvalue weighted by Crippen LogP contribution is 2.55. The van der Waals surface area contributed by atoms with Gasteiger partial charge in [-0.1, -0.05) is 30.4 Å². The van der Waals surface area contributed by atoms with Gasteiger partial charge in [0, 0.05) is 17.0 Å². The maximum atomic E-state index is 10.3. The van der Waals surface area contributed by atoms with E-state index in [0.29, 0.717) is 11.7 Å². The number of allylic oxidation sites excluding steroid dienone is 2. The summed E-state index contributed by atoms with van der Waals surface area (Å²) in [4.78, 5) is 0. The monoisotopic (exact) mass is 323 g/mol. The lowest BCUT2D eigenvalue weighted by Gasteiger charge is -2.38. The molecule has 24 heavy (non-hydrogen) atoms. The normalized spacial score (nSPS) is 24.0. The van der Waals surface area contributed by atoms with Crippen molar-refractivity contribution in [3.63, 3.8) is 0 Å². The van der Waals surface area contributed by atoms with Crippen LogP contribution in [0, 0.1) is 5.92 Å². The third-order valence-electron chi connectivity index (χ3n) is 5.15. The molecule has 0 bridgehead atoms. The molecule has 124 valence electrons. The molecule has 0 amide bonds. The molecule has 3 atom stereocenters. The first-order chi connectivity index (χ1) is 11.7. The Kier molecular flexibility index (Phi) is 3.60. The third kappa shape index (κ3) is 2.13. The first kappa shape index (κ1) is 14.9. The standard InChI is InChI=1S/C20H21NO3/c1-23-16-10-11-17(24-2)20-18(16)12-7-5-8-13(12)19(21-20)14-6-3-4-9-15(14)22/h3-7,9-13,19,21-22H,8H2,1-2H3. The van der Waals surface area contributed by atoms with E-state index in [9.17, 15) is 5.11 Å². The number of fused-ring (bicyclic) bond motifs is 3. The fraction of sp³-hybridized carbons (Fsp3) is 0.300. The Bertz CT molecular complexity index is 799. The van der Waals surface area contributed by atoms with Crippen molar-refractivity contribution >= 4 is 5.69 Å². The van der Waals surface area contributed by atoms with Gasteiger partial charge in [-0.3, -0.25) is 0 Å². The van der Waals surface area contributed by atoms with Gasteiger partial charge in [0.15, 0.2) is 0 Å². The Hall–Kier alpha value is -2.62. The van der Waals surface area contributed by atoms with Gasteiger partial charge in [-0.2, -0.15) is 0 Å². The maximum Gasteiger partial charge on any atom is 0.142 e. The Labute approximate surface area is 141 Å². The van der Waals surface area contributed by atoms with Crippen LogP contribution in [0.25, 0.3) is 0 Å². The van der Waals surface area contributed by atoms with Crippen LogP contribution in [0.3, 0.4) is 0 Å². The molecule has 0 spiro atoms.